The van der Waals surface area contributed by atoms with Crippen molar-refractivity contribution in [1.82, 2.24) is 5.32 Å². The summed E-state index contributed by atoms with van der Waals surface area (Å²) in [5.74, 6) is -0.631. The van der Waals surface area contributed by atoms with Gasteiger partial charge >= 0.3 is 0 Å². The first kappa shape index (κ1) is 17.0. The second-order valence-electron chi connectivity index (χ2n) is 7.00. The minimum Gasteiger partial charge on any atom is -0.487 e. The Morgan fingerprint density at radius 3 is 2.69 bits per heavy atom. The van der Waals surface area contributed by atoms with Crippen molar-refractivity contribution in [3.63, 3.8) is 0 Å². The molecule has 0 aromatic heterocycles. The molecule has 26 heavy (non-hydrogen) atoms. The van der Waals surface area contributed by atoms with Gasteiger partial charge in [-0.2, -0.15) is 0 Å². The number of aliphatic hydroxyl groups is 1. The normalized spacial score (nSPS) is 29.5. The maximum Gasteiger partial charge on any atom is 0.221 e. The lowest BCUT2D eigenvalue weighted by molar-refractivity contribution is -0.127. The van der Waals surface area contributed by atoms with E-state index >= 15 is 0 Å². The van der Waals surface area contributed by atoms with E-state index in [0.717, 1.165) is 11.1 Å². The van der Waals surface area contributed by atoms with E-state index in [1.165, 1.54) is 12.1 Å². The van der Waals surface area contributed by atoms with Gasteiger partial charge in [0.2, 0.25) is 5.91 Å². The highest BCUT2D eigenvalue weighted by molar-refractivity contribution is 5.78. The first-order valence-corrected chi connectivity index (χ1v) is 8.75. The smallest absolute Gasteiger partial charge is 0.221 e. The number of rotatable bonds is 4. The van der Waals surface area contributed by atoms with E-state index in [1.807, 2.05) is 24.3 Å². The van der Waals surface area contributed by atoms with Crippen LogP contribution in [0.1, 0.15) is 23.5 Å². The summed E-state index contributed by atoms with van der Waals surface area (Å²) in [7, 11) is 0. The summed E-state index contributed by atoms with van der Waals surface area (Å²) in [6, 6.07) is 13.4. The quantitative estimate of drug-likeness (QED) is 0.778. The molecule has 1 aliphatic heterocycles. The number of nitrogens with one attached hydrogen (secondary N) is 1. The minimum atomic E-state index is -0.775. The van der Waals surface area contributed by atoms with Crippen LogP contribution in [0.2, 0.25) is 0 Å². The number of amides is 1. The zero-order chi connectivity index (χ0) is 18.3. The van der Waals surface area contributed by atoms with Gasteiger partial charge in [-0.3, -0.25) is 4.79 Å². The number of primary amides is 1. The van der Waals surface area contributed by atoms with Gasteiger partial charge in [-0.05, 0) is 30.2 Å². The summed E-state index contributed by atoms with van der Waals surface area (Å²) in [5.41, 5.74) is 7.49. The number of hydrogen-bond acceptors (Lipinski definition) is 4. The van der Waals surface area contributed by atoms with Crippen molar-refractivity contribution in [1.29, 1.82) is 0 Å². The van der Waals surface area contributed by atoms with Crippen molar-refractivity contribution in [3.05, 3.63) is 65.5 Å². The summed E-state index contributed by atoms with van der Waals surface area (Å²) in [5, 5.41) is 14.1. The van der Waals surface area contributed by atoms with Crippen LogP contribution in [0.5, 0.6) is 5.75 Å². The van der Waals surface area contributed by atoms with Crippen molar-refractivity contribution in [2.45, 2.75) is 37.1 Å². The lowest BCUT2D eigenvalue weighted by Crippen LogP contribution is -2.57. The molecule has 1 aliphatic carbocycles. The van der Waals surface area contributed by atoms with E-state index in [4.69, 9.17) is 10.5 Å². The summed E-state index contributed by atoms with van der Waals surface area (Å²) in [6.45, 7) is 0.456. The number of nitrogens with two attached hydrogens (primary N) is 1. The Bertz CT molecular complexity index is 811. The van der Waals surface area contributed by atoms with Gasteiger partial charge in [0.15, 0.2) is 0 Å². The maximum atomic E-state index is 13.0. The van der Waals surface area contributed by atoms with Gasteiger partial charge in [-0.15, -0.1) is 0 Å². The van der Waals surface area contributed by atoms with E-state index in [1.54, 1.807) is 12.1 Å². The number of ether oxygens (including phenoxy) is 1. The number of halogens is 1. The Kier molecular flexibility index (Phi) is 4.38. The van der Waals surface area contributed by atoms with Gasteiger partial charge in [0, 0.05) is 30.0 Å². The monoisotopic (exact) mass is 356 g/mol. The topological polar surface area (TPSA) is 84.6 Å². The lowest BCUT2D eigenvalue weighted by Gasteiger charge is -2.40. The largest absolute Gasteiger partial charge is 0.487 e. The molecule has 136 valence electrons. The van der Waals surface area contributed by atoms with Crippen LogP contribution in [0, 0.1) is 11.7 Å². The Hall–Kier alpha value is -2.44. The molecule has 2 aromatic carbocycles. The molecule has 1 fully saturated rings. The number of benzene rings is 2. The number of carbonyl (C=O) groups is 1. The molecule has 1 unspecified atom stereocenters. The first-order chi connectivity index (χ1) is 12.5. The molecule has 1 amide bonds. The van der Waals surface area contributed by atoms with Gasteiger partial charge in [0.1, 0.15) is 23.8 Å². The molecule has 1 saturated carbocycles. The average Bonchev–Trinajstić information content (AvgIpc) is 3.02. The lowest BCUT2D eigenvalue weighted by atomic mass is 9.71. The fourth-order valence-corrected chi connectivity index (χ4v) is 4.12. The summed E-state index contributed by atoms with van der Waals surface area (Å²) >= 11 is 0. The Morgan fingerprint density at radius 2 is 1.96 bits per heavy atom. The van der Waals surface area contributed by atoms with Crippen LogP contribution in [-0.2, 0) is 11.3 Å². The highest BCUT2D eigenvalue weighted by Crippen LogP contribution is 2.48. The summed E-state index contributed by atoms with van der Waals surface area (Å²) in [6.07, 6.45) is -0.857. The van der Waals surface area contributed by atoms with E-state index in [9.17, 15) is 14.3 Å². The number of aliphatic hydroxyl groups excluding tert-OH is 1. The molecule has 2 aromatic rings. The molecule has 4 rings (SSSR count). The van der Waals surface area contributed by atoms with Crippen LogP contribution in [0.25, 0.3) is 0 Å². The number of carbonyl (C=O) groups excluding carboxylic acids is 1. The number of para-hydroxylation sites is 1. The van der Waals surface area contributed by atoms with Crippen LogP contribution in [-0.4, -0.2) is 29.3 Å². The third kappa shape index (κ3) is 2.95. The fraction of sp³-hybridized carbons (Fsp3) is 0.350. The van der Waals surface area contributed by atoms with Crippen LogP contribution < -0.4 is 15.8 Å². The molecule has 0 radical (unpaired) electrons. The Morgan fingerprint density at radius 1 is 1.23 bits per heavy atom. The molecule has 2 aliphatic rings. The second kappa shape index (κ2) is 6.70. The number of fused-ring (bicyclic) bond motifs is 3. The molecule has 5 nitrogen and oxygen atoms in total. The highest BCUT2D eigenvalue weighted by atomic mass is 19.1. The molecule has 1 heterocycles. The zero-order valence-electron chi connectivity index (χ0n) is 14.1. The van der Waals surface area contributed by atoms with Crippen molar-refractivity contribution in [3.8, 4) is 5.75 Å². The molecule has 0 spiro atoms. The molecular weight excluding hydrogens is 335 g/mol. The van der Waals surface area contributed by atoms with Crippen molar-refractivity contribution >= 4 is 5.91 Å². The van der Waals surface area contributed by atoms with Gasteiger partial charge < -0.3 is 20.9 Å². The zero-order valence-corrected chi connectivity index (χ0v) is 14.1. The van der Waals surface area contributed by atoms with E-state index in [0.29, 0.717) is 18.7 Å². The highest BCUT2D eigenvalue weighted by Gasteiger charge is 2.52. The van der Waals surface area contributed by atoms with Crippen LogP contribution in [0.3, 0.4) is 0 Å². The first-order valence-electron chi connectivity index (χ1n) is 8.75. The fourth-order valence-electron chi connectivity index (χ4n) is 4.12. The van der Waals surface area contributed by atoms with Gasteiger partial charge in [-0.1, -0.05) is 30.3 Å². The summed E-state index contributed by atoms with van der Waals surface area (Å²) in [4.78, 5) is 12.1. The standard InChI is InChI=1S/C20H21FN2O3/c21-12-7-5-11(6-8-12)10-23-15-9-14(20(22)25)17-13-3-1-2-4-16(13)26-19(17)18(15)24/h1-8,14-15,17-19,23-24H,9-10H2,(H2,22,25)/t14?,15-,17+,18+,19+/m1/s1. The van der Waals surface area contributed by atoms with Gasteiger partial charge in [0.05, 0.1) is 0 Å². The van der Waals surface area contributed by atoms with Crippen molar-refractivity contribution in [2.75, 3.05) is 0 Å². The van der Waals surface area contributed by atoms with Gasteiger partial charge in [-0.25, -0.2) is 4.39 Å². The molecular formula is C20H21FN2O3. The van der Waals surface area contributed by atoms with E-state index in [-0.39, 0.29) is 23.7 Å². The van der Waals surface area contributed by atoms with Crippen LogP contribution in [0.15, 0.2) is 48.5 Å². The molecule has 6 heteroatoms. The predicted molar refractivity (Wildman–Crippen MR) is 93.9 cm³/mol. The third-order valence-corrected chi connectivity index (χ3v) is 5.43. The third-order valence-electron chi connectivity index (χ3n) is 5.43. The Balaban J connectivity index is 1.54. The molecule has 5 atom stereocenters. The van der Waals surface area contributed by atoms with Crippen LogP contribution in [0.4, 0.5) is 4.39 Å². The Labute approximate surface area is 151 Å². The second-order valence-corrected chi connectivity index (χ2v) is 7.00. The SMILES string of the molecule is NC(=O)C1C[C@@H](NCc2ccc(F)cc2)[C@H](O)[C@H]2Oc3ccccc3[C@@H]12. The number of hydrogen-bond donors (Lipinski definition) is 3. The van der Waals surface area contributed by atoms with E-state index in [2.05, 4.69) is 5.32 Å². The van der Waals surface area contributed by atoms with Crippen molar-refractivity contribution < 1.29 is 19.0 Å². The predicted octanol–water partition coefficient (Wildman–Crippen LogP) is 1.69. The minimum absolute atomic E-state index is 0.234. The molecule has 0 bridgehead atoms. The van der Waals surface area contributed by atoms with Gasteiger partial charge in [0.25, 0.3) is 0 Å². The average molecular weight is 356 g/mol. The van der Waals surface area contributed by atoms with Crippen LogP contribution >= 0.6 is 0 Å². The van der Waals surface area contributed by atoms with E-state index < -0.39 is 18.1 Å². The maximum absolute atomic E-state index is 13.0. The summed E-state index contributed by atoms with van der Waals surface area (Å²) < 4.78 is 19.0. The molecule has 0 saturated heterocycles. The van der Waals surface area contributed by atoms with Crippen molar-refractivity contribution in [2.24, 2.45) is 11.7 Å². The molecule has 4 N–H and O–H groups in total.